The zero-order valence-corrected chi connectivity index (χ0v) is 21.4. The van der Waals surface area contributed by atoms with E-state index < -0.39 is 0 Å². The fourth-order valence-electron chi connectivity index (χ4n) is 4.05. The van der Waals surface area contributed by atoms with E-state index in [1.165, 1.54) is 5.56 Å². The Morgan fingerprint density at radius 1 is 0.972 bits per heavy atom. The van der Waals surface area contributed by atoms with Gasteiger partial charge in [0.15, 0.2) is 0 Å². The molecule has 1 fully saturated rings. The zero-order valence-electron chi connectivity index (χ0n) is 20.6. The molecule has 1 aliphatic rings. The number of carbonyl (C=O) groups is 3. The normalized spacial score (nSPS) is 16.0. The van der Waals surface area contributed by atoms with Gasteiger partial charge in [0, 0.05) is 18.2 Å². The van der Waals surface area contributed by atoms with Gasteiger partial charge in [-0.2, -0.15) is 0 Å². The van der Waals surface area contributed by atoms with Crippen molar-refractivity contribution in [2.75, 3.05) is 17.6 Å². The number of carbonyl (C=O) groups excluding carboxylic acids is 3. The molecule has 7 heteroatoms. The fourth-order valence-corrected chi connectivity index (χ4v) is 5.27. The van der Waals surface area contributed by atoms with Crippen molar-refractivity contribution in [3.05, 3.63) is 101 Å². The van der Waals surface area contributed by atoms with E-state index in [1.54, 1.807) is 48.2 Å². The molecular weight excluding hydrogens is 470 g/mol. The maximum Gasteiger partial charge on any atom is 0.255 e. The molecule has 3 aromatic rings. The Bertz CT molecular complexity index is 1210. The van der Waals surface area contributed by atoms with Crippen LogP contribution < -0.4 is 10.6 Å². The van der Waals surface area contributed by atoms with Gasteiger partial charge in [-0.3, -0.25) is 14.4 Å². The second kappa shape index (κ2) is 11.9. The maximum absolute atomic E-state index is 13.0. The standard InChI is InChI=1S/C29H31N3O3S/c1-3-20(2)30-28(35)24-11-7-8-12-25(24)31-27(34)22-13-15-23(16-14-22)29-32(26(33)19-36-29)18-17-21-9-5-4-6-10-21/h4-16,20,29H,3,17-19H2,1-2H3,(H,30,35)(H,31,34)/t20-,29+/m1/s1. The first-order valence-electron chi connectivity index (χ1n) is 12.2. The largest absolute Gasteiger partial charge is 0.350 e. The quantitative estimate of drug-likeness (QED) is 0.418. The number of benzene rings is 3. The summed E-state index contributed by atoms with van der Waals surface area (Å²) >= 11 is 1.61. The van der Waals surface area contributed by atoms with Crippen LogP contribution in [0.1, 0.15) is 57.5 Å². The Balaban J connectivity index is 1.43. The van der Waals surface area contributed by atoms with Crippen LogP contribution in [0.3, 0.4) is 0 Å². The minimum Gasteiger partial charge on any atom is -0.350 e. The van der Waals surface area contributed by atoms with E-state index in [4.69, 9.17) is 0 Å². The summed E-state index contributed by atoms with van der Waals surface area (Å²) in [6.45, 7) is 4.60. The Labute approximate surface area is 216 Å². The smallest absolute Gasteiger partial charge is 0.255 e. The van der Waals surface area contributed by atoms with E-state index in [0.29, 0.717) is 29.1 Å². The molecule has 2 N–H and O–H groups in total. The average molecular weight is 502 g/mol. The third-order valence-corrected chi connectivity index (χ3v) is 7.58. The molecule has 3 aromatic carbocycles. The summed E-state index contributed by atoms with van der Waals surface area (Å²) in [5.74, 6) is 0.0857. The topological polar surface area (TPSA) is 78.5 Å². The lowest BCUT2D eigenvalue weighted by atomic mass is 10.1. The Hall–Kier alpha value is -3.58. The van der Waals surface area contributed by atoms with Crippen LogP contribution in [-0.2, 0) is 11.2 Å². The molecule has 6 nitrogen and oxygen atoms in total. The predicted octanol–water partition coefficient (Wildman–Crippen LogP) is 5.28. The number of rotatable bonds is 9. The molecule has 3 amide bonds. The van der Waals surface area contributed by atoms with Crippen molar-refractivity contribution >= 4 is 35.2 Å². The highest BCUT2D eigenvalue weighted by Gasteiger charge is 2.32. The number of amides is 3. The van der Waals surface area contributed by atoms with Crippen molar-refractivity contribution in [1.82, 2.24) is 10.2 Å². The highest BCUT2D eigenvalue weighted by molar-refractivity contribution is 8.00. The van der Waals surface area contributed by atoms with Crippen molar-refractivity contribution < 1.29 is 14.4 Å². The lowest BCUT2D eigenvalue weighted by Gasteiger charge is -2.24. The van der Waals surface area contributed by atoms with Crippen LogP contribution in [0.25, 0.3) is 0 Å². The lowest BCUT2D eigenvalue weighted by Crippen LogP contribution is -2.32. The summed E-state index contributed by atoms with van der Waals surface area (Å²) in [5, 5.41) is 5.75. The van der Waals surface area contributed by atoms with E-state index in [0.717, 1.165) is 18.4 Å². The van der Waals surface area contributed by atoms with Gasteiger partial charge in [-0.25, -0.2) is 0 Å². The van der Waals surface area contributed by atoms with E-state index in [1.807, 2.05) is 49.1 Å². The minimum atomic E-state index is -0.290. The molecule has 0 aliphatic carbocycles. The fraction of sp³-hybridized carbons (Fsp3) is 0.276. The summed E-state index contributed by atoms with van der Waals surface area (Å²) in [6, 6.07) is 24.5. The second-order valence-electron chi connectivity index (χ2n) is 8.89. The Morgan fingerprint density at radius 3 is 2.39 bits per heavy atom. The molecule has 36 heavy (non-hydrogen) atoms. The van der Waals surface area contributed by atoms with Crippen molar-refractivity contribution in [2.45, 2.75) is 38.1 Å². The number of nitrogens with one attached hydrogen (secondary N) is 2. The molecule has 1 aliphatic heterocycles. The van der Waals surface area contributed by atoms with Gasteiger partial charge >= 0.3 is 0 Å². The first kappa shape index (κ1) is 25.5. The number of nitrogens with zero attached hydrogens (tertiary/aromatic N) is 1. The lowest BCUT2D eigenvalue weighted by molar-refractivity contribution is -0.128. The van der Waals surface area contributed by atoms with Gasteiger partial charge in [0.05, 0.1) is 17.0 Å². The SMILES string of the molecule is CC[C@@H](C)NC(=O)c1ccccc1NC(=O)c1ccc([C@@H]2SCC(=O)N2CCc2ccccc2)cc1. The average Bonchev–Trinajstić information content (AvgIpc) is 3.28. The highest BCUT2D eigenvalue weighted by Crippen LogP contribution is 2.38. The summed E-state index contributed by atoms with van der Waals surface area (Å²) in [5.41, 5.74) is 3.57. The van der Waals surface area contributed by atoms with Crippen LogP contribution in [0.4, 0.5) is 5.69 Å². The maximum atomic E-state index is 13.0. The molecule has 1 heterocycles. The van der Waals surface area contributed by atoms with Crippen LogP contribution in [0.2, 0.25) is 0 Å². The van der Waals surface area contributed by atoms with E-state index >= 15 is 0 Å². The Morgan fingerprint density at radius 2 is 1.67 bits per heavy atom. The van der Waals surface area contributed by atoms with Gasteiger partial charge in [0.25, 0.3) is 11.8 Å². The molecule has 0 spiro atoms. The first-order chi connectivity index (χ1) is 17.5. The number of hydrogen-bond donors (Lipinski definition) is 2. The zero-order chi connectivity index (χ0) is 25.5. The van der Waals surface area contributed by atoms with Crippen molar-refractivity contribution in [2.24, 2.45) is 0 Å². The van der Waals surface area contributed by atoms with E-state index in [-0.39, 0.29) is 29.1 Å². The molecular formula is C29H31N3O3S. The van der Waals surface area contributed by atoms with E-state index in [2.05, 4.69) is 22.8 Å². The number of thioether (sulfide) groups is 1. The molecule has 0 radical (unpaired) electrons. The molecule has 0 saturated carbocycles. The number of hydrogen-bond acceptors (Lipinski definition) is 4. The molecule has 4 rings (SSSR count). The van der Waals surface area contributed by atoms with Gasteiger partial charge in [-0.15, -0.1) is 11.8 Å². The third-order valence-electron chi connectivity index (χ3n) is 6.32. The van der Waals surface area contributed by atoms with Crippen LogP contribution in [-0.4, -0.2) is 41.0 Å². The van der Waals surface area contributed by atoms with Crippen LogP contribution in [0, 0.1) is 0 Å². The van der Waals surface area contributed by atoms with E-state index in [9.17, 15) is 14.4 Å². The summed E-state index contributed by atoms with van der Waals surface area (Å²) in [6.07, 6.45) is 1.62. The molecule has 2 atom stereocenters. The van der Waals surface area contributed by atoms with Crippen LogP contribution >= 0.6 is 11.8 Å². The van der Waals surface area contributed by atoms with Crippen molar-refractivity contribution in [3.8, 4) is 0 Å². The van der Waals surface area contributed by atoms with Gasteiger partial charge in [0.2, 0.25) is 5.91 Å². The van der Waals surface area contributed by atoms with Crippen LogP contribution in [0.5, 0.6) is 0 Å². The molecule has 0 bridgehead atoms. The Kier molecular flexibility index (Phi) is 8.44. The second-order valence-corrected chi connectivity index (χ2v) is 9.96. The molecule has 0 unspecified atom stereocenters. The van der Waals surface area contributed by atoms with Gasteiger partial charge in [-0.05, 0) is 55.2 Å². The molecule has 0 aromatic heterocycles. The van der Waals surface area contributed by atoms with Crippen molar-refractivity contribution in [3.63, 3.8) is 0 Å². The minimum absolute atomic E-state index is 0.0430. The monoisotopic (exact) mass is 501 g/mol. The van der Waals surface area contributed by atoms with Crippen molar-refractivity contribution in [1.29, 1.82) is 0 Å². The summed E-state index contributed by atoms with van der Waals surface area (Å²) in [4.78, 5) is 40.1. The summed E-state index contributed by atoms with van der Waals surface area (Å²) < 4.78 is 0. The number of para-hydroxylation sites is 1. The van der Waals surface area contributed by atoms with Gasteiger partial charge < -0.3 is 15.5 Å². The van der Waals surface area contributed by atoms with Gasteiger partial charge in [0.1, 0.15) is 5.37 Å². The number of anilines is 1. The molecule has 186 valence electrons. The third kappa shape index (κ3) is 6.15. The highest BCUT2D eigenvalue weighted by atomic mass is 32.2. The first-order valence-corrected chi connectivity index (χ1v) is 13.3. The molecule has 1 saturated heterocycles. The summed E-state index contributed by atoms with van der Waals surface area (Å²) in [7, 11) is 0. The van der Waals surface area contributed by atoms with Crippen LogP contribution in [0.15, 0.2) is 78.9 Å². The van der Waals surface area contributed by atoms with Gasteiger partial charge in [-0.1, -0.05) is 61.5 Å². The predicted molar refractivity (Wildman–Crippen MR) is 145 cm³/mol.